The molecule has 8 nitrogen and oxygen atoms in total. The number of sulfonamides is 1. The molecule has 0 atom stereocenters. The van der Waals surface area contributed by atoms with Gasteiger partial charge in [0, 0.05) is 24.9 Å². The van der Waals surface area contributed by atoms with Crippen molar-refractivity contribution in [3.8, 4) is 11.5 Å². The van der Waals surface area contributed by atoms with E-state index >= 15 is 0 Å². The Morgan fingerprint density at radius 1 is 1.19 bits per heavy atom. The highest BCUT2D eigenvalue weighted by atomic mass is 32.2. The van der Waals surface area contributed by atoms with E-state index in [1.165, 1.54) is 37.7 Å². The molecule has 2 aromatic rings. The van der Waals surface area contributed by atoms with E-state index in [-0.39, 0.29) is 12.5 Å². The van der Waals surface area contributed by atoms with E-state index in [4.69, 9.17) is 13.9 Å². The summed E-state index contributed by atoms with van der Waals surface area (Å²) >= 11 is 0. The first-order valence-corrected chi connectivity index (χ1v) is 9.79. The average molecular weight is 394 g/mol. The summed E-state index contributed by atoms with van der Waals surface area (Å²) in [4.78, 5) is 12.1. The van der Waals surface area contributed by atoms with Gasteiger partial charge in [0.1, 0.15) is 11.5 Å². The molecule has 0 aliphatic rings. The van der Waals surface area contributed by atoms with Crippen LogP contribution >= 0.6 is 0 Å². The van der Waals surface area contributed by atoms with Gasteiger partial charge in [-0.2, -0.15) is 4.31 Å². The molecular formula is C18H22N2O6S. The number of amides is 1. The van der Waals surface area contributed by atoms with Crippen LogP contribution in [0, 0.1) is 0 Å². The molecule has 9 heteroatoms. The van der Waals surface area contributed by atoms with Crippen molar-refractivity contribution in [2.75, 3.05) is 32.8 Å². The molecule has 146 valence electrons. The SMILES string of the molecule is COc1ccc(NC(=O)/C=C/c2ccc(CN(C)S(C)(=O)=O)o2)cc1OC. The van der Waals surface area contributed by atoms with Crippen LogP contribution in [0.4, 0.5) is 5.69 Å². The number of hydrogen-bond acceptors (Lipinski definition) is 6. The number of hydrogen-bond donors (Lipinski definition) is 1. The van der Waals surface area contributed by atoms with E-state index < -0.39 is 10.0 Å². The van der Waals surface area contributed by atoms with Gasteiger partial charge in [-0.15, -0.1) is 0 Å². The molecule has 0 spiro atoms. The van der Waals surface area contributed by atoms with E-state index in [1.807, 2.05) is 0 Å². The van der Waals surface area contributed by atoms with Gasteiger partial charge >= 0.3 is 0 Å². The van der Waals surface area contributed by atoms with Crippen molar-refractivity contribution in [2.45, 2.75) is 6.54 Å². The maximum absolute atomic E-state index is 12.1. The Morgan fingerprint density at radius 2 is 1.89 bits per heavy atom. The molecule has 1 heterocycles. The van der Waals surface area contributed by atoms with Gasteiger partial charge in [-0.3, -0.25) is 4.79 Å². The molecule has 1 N–H and O–H groups in total. The minimum absolute atomic E-state index is 0.116. The molecule has 1 aromatic carbocycles. The van der Waals surface area contributed by atoms with Crippen LogP contribution in [0.5, 0.6) is 11.5 Å². The predicted octanol–water partition coefficient (Wildman–Crippen LogP) is 2.34. The highest BCUT2D eigenvalue weighted by molar-refractivity contribution is 7.88. The standard InChI is InChI=1S/C18H22N2O6S/c1-20(27(4,22)23)12-15-7-6-14(26-15)8-10-18(21)19-13-5-9-16(24-2)17(11-13)25-3/h5-11H,12H2,1-4H3,(H,19,21)/b10-8+. The molecule has 27 heavy (non-hydrogen) atoms. The summed E-state index contributed by atoms with van der Waals surface area (Å²) in [7, 11) is 1.22. The number of methoxy groups -OCH3 is 2. The van der Waals surface area contributed by atoms with E-state index in [9.17, 15) is 13.2 Å². The lowest BCUT2D eigenvalue weighted by atomic mass is 10.2. The Bertz CT molecular complexity index is 933. The van der Waals surface area contributed by atoms with Gasteiger partial charge in [-0.1, -0.05) is 0 Å². The Kier molecular flexibility index (Phi) is 6.65. The van der Waals surface area contributed by atoms with Gasteiger partial charge in [0.2, 0.25) is 15.9 Å². The van der Waals surface area contributed by atoms with Crippen molar-refractivity contribution >= 4 is 27.7 Å². The highest BCUT2D eigenvalue weighted by Crippen LogP contribution is 2.29. The Morgan fingerprint density at radius 3 is 2.52 bits per heavy atom. The molecule has 0 aliphatic carbocycles. The molecule has 0 saturated heterocycles. The van der Waals surface area contributed by atoms with E-state index in [0.717, 1.165) is 6.26 Å². The zero-order valence-corrected chi connectivity index (χ0v) is 16.4. The van der Waals surface area contributed by atoms with Crippen molar-refractivity contribution in [3.05, 3.63) is 47.9 Å². The van der Waals surface area contributed by atoms with E-state index in [1.54, 1.807) is 30.3 Å². The Balaban J connectivity index is 1.99. The van der Waals surface area contributed by atoms with Crippen molar-refractivity contribution in [1.29, 1.82) is 0 Å². The number of carbonyl (C=O) groups is 1. The van der Waals surface area contributed by atoms with Crippen LogP contribution in [-0.4, -0.2) is 46.2 Å². The molecule has 1 amide bonds. The highest BCUT2D eigenvalue weighted by Gasteiger charge is 2.13. The molecule has 0 bridgehead atoms. The zero-order valence-electron chi connectivity index (χ0n) is 15.6. The van der Waals surface area contributed by atoms with Crippen LogP contribution in [0.15, 0.2) is 40.8 Å². The molecule has 0 aliphatic heterocycles. The maximum Gasteiger partial charge on any atom is 0.248 e. The fourth-order valence-electron chi connectivity index (χ4n) is 2.16. The smallest absolute Gasteiger partial charge is 0.248 e. The number of nitrogens with zero attached hydrogens (tertiary/aromatic N) is 1. The lowest BCUT2D eigenvalue weighted by Gasteiger charge is -2.11. The van der Waals surface area contributed by atoms with Crippen LogP contribution in [0.1, 0.15) is 11.5 Å². The number of nitrogens with one attached hydrogen (secondary N) is 1. The summed E-state index contributed by atoms with van der Waals surface area (Å²) in [5, 5.41) is 2.71. The molecule has 0 radical (unpaired) electrons. The zero-order chi connectivity index (χ0) is 20.0. The monoisotopic (exact) mass is 394 g/mol. The van der Waals surface area contributed by atoms with E-state index in [2.05, 4.69) is 5.32 Å². The molecule has 0 fully saturated rings. The lowest BCUT2D eigenvalue weighted by Crippen LogP contribution is -2.24. The molecule has 0 saturated carbocycles. The topological polar surface area (TPSA) is 98.1 Å². The van der Waals surface area contributed by atoms with Gasteiger partial charge < -0.3 is 19.2 Å². The van der Waals surface area contributed by atoms with Crippen LogP contribution in [0.25, 0.3) is 6.08 Å². The second-order valence-corrected chi connectivity index (χ2v) is 7.80. The maximum atomic E-state index is 12.1. The van der Waals surface area contributed by atoms with Crippen molar-refractivity contribution in [3.63, 3.8) is 0 Å². The summed E-state index contributed by atoms with van der Waals surface area (Å²) in [6.45, 7) is 0.116. The summed E-state index contributed by atoms with van der Waals surface area (Å²) in [6, 6.07) is 8.35. The predicted molar refractivity (Wildman–Crippen MR) is 102 cm³/mol. The first-order valence-electron chi connectivity index (χ1n) is 7.94. The largest absolute Gasteiger partial charge is 0.493 e. The van der Waals surface area contributed by atoms with Crippen molar-refractivity contribution in [1.82, 2.24) is 4.31 Å². The van der Waals surface area contributed by atoms with Gasteiger partial charge in [-0.05, 0) is 30.3 Å². The number of carbonyl (C=O) groups excluding carboxylic acids is 1. The average Bonchev–Trinajstić information content (AvgIpc) is 3.06. The van der Waals surface area contributed by atoms with Crippen molar-refractivity contribution in [2.24, 2.45) is 0 Å². The third kappa shape index (κ3) is 5.87. The normalized spacial score (nSPS) is 11.7. The van der Waals surface area contributed by atoms with Gasteiger partial charge in [-0.25, -0.2) is 8.42 Å². The summed E-state index contributed by atoms with van der Waals surface area (Å²) < 4.78 is 39.8. The first-order chi connectivity index (χ1) is 12.7. The van der Waals surface area contributed by atoms with E-state index in [0.29, 0.717) is 28.7 Å². The molecular weight excluding hydrogens is 372 g/mol. The second-order valence-electron chi connectivity index (χ2n) is 5.72. The number of rotatable bonds is 8. The first kappa shape index (κ1) is 20.5. The van der Waals surface area contributed by atoms with Crippen LogP contribution in [0.2, 0.25) is 0 Å². The quantitative estimate of drug-likeness (QED) is 0.690. The minimum Gasteiger partial charge on any atom is -0.493 e. The Hall–Kier alpha value is -2.78. The fraction of sp³-hybridized carbons (Fsp3) is 0.278. The second kappa shape index (κ2) is 8.74. The van der Waals surface area contributed by atoms with Gasteiger partial charge in [0.15, 0.2) is 11.5 Å². The molecule has 0 unspecified atom stereocenters. The number of anilines is 1. The summed E-state index contributed by atoms with van der Waals surface area (Å²) in [5.74, 6) is 1.63. The number of furan rings is 1. The molecule has 1 aromatic heterocycles. The lowest BCUT2D eigenvalue weighted by molar-refractivity contribution is -0.111. The molecule has 2 rings (SSSR count). The summed E-state index contributed by atoms with van der Waals surface area (Å²) in [5.41, 5.74) is 0.553. The van der Waals surface area contributed by atoms with Crippen LogP contribution in [0.3, 0.4) is 0 Å². The minimum atomic E-state index is -3.29. The van der Waals surface area contributed by atoms with Crippen LogP contribution in [-0.2, 0) is 21.4 Å². The number of ether oxygens (including phenoxy) is 2. The third-order valence-corrected chi connectivity index (χ3v) is 4.94. The van der Waals surface area contributed by atoms with Gasteiger partial charge in [0.25, 0.3) is 0 Å². The van der Waals surface area contributed by atoms with Crippen molar-refractivity contribution < 1.29 is 27.1 Å². The third-order valence-electron chi connectivity index (χ3n) is 3.68. The van der Waals surface area contributed by atoms with Gasteiger partial charge in [0.05, 0.1) is 27.0 Å². The fourth-order valence-corrected chi connectivity index (χ4v) is 2.52. The van der Waals surface area contributed by atoms with Crippen LogP contribution < -0.4 is 14.8 Å². The summed E-state index contributed by atoms with van der Waals surface area (Å²) in [6.07, 6.45) is 3.94. The number of benzene rings is 1. The Labute approximate surface area is 158 Å².